The first-order valence-corrected chi connectivity index (χ1v) is 12.2. The number of nitrogen functional groups attached to an aromatic ring is 1. The van der Waals surface area contributed by atoms with Crippen molar-refractivity contribution in [1.29, 1.82) is 0 Å². The predicted molar refractivity (Wildman–Crippen MR) is 136 cm³/mol. The number of halogens is 1. The second-order valence-corrected chi connectivity index (χ2v) is 10.7. The van der Waals surface area contributed by atoms with Gasteiger partial charge in [0.2, 0.25) is 0 Å². The molecule has 0 amide bonds. The Morgan fingerprint density at radius 3 is 2.50 bits per heavy atom. The first-order valence-electron chi connectivity index (χ1n) is 10.6. The second kappa shape index (κ2) is 9.51. The van der Waals surface area contributed by atoms with Crippen LogP contribution in [0.15, 0.2) is 64.1 Å². The standard InChI is InChI=1S/C24H26FN5O3S.2H2/c1-14(2)34(31,32)17-7-5-16(6-8-17)21-13-28-24(26)23(29-21)22-11-20(30-33-22)18-9-4-15(12-27-3)10-19(18)25;;/h4-11,13-14,27,31-32H,12H2,1-3H3,(H2,26,28);2*1H. The van der Waals surface area contributed by atoms with Gasteiger partial charge in [0, 0.05) is 31.8 Å². The van der Waals surface area contributed by atoms with Gasteiger partial charge in [0.25, 0.3) is 0 Å². The summed E-state index contributed by atoms with van der Waals surface area (Å²) in [6.45, 7) is 4.07. The molecule has 5 N–H and O–H groups in total. The Labute approximate surface area is 201 Å². The van der Waals surface area contributed by atoms with Crippen LogP contribution in [0.3, 0.4) is 0 Å². The number of hydrogen-bond acceptors (Lipinski definition) is 8. The number of aromatic nitrogens is 3. The smallest absolute Gasteiger partial charge is 0.189 e. The lowest BCUT2D eigenvalue weighted by Gasteiger charge is -2.36. The van der Waals surface area contributed by atoms with Gasteiger partial charge in [0.1, 0.15) is 11.5 Å². The first-order chi connectivity index (χ1) is 16.2. The molecule has 0 aliphatic rings. The summed E-state index contributed by atoms with van der Waals surface area (Å²) in [6, 6.07) is 13.3. The predicted octanol–water partition coefficient (Wildman–Crippen LogP) is 5.92. The van der Waals surface area contributed by atoms with Crippen LogP contribution in [0, 0.1) is 5.82 Å². The maximum atomic E-state index is 14.6. The van der Waals surface area contributed by atoms with Gasteiger partial charge in [-0.1, -0.05) is 23.4 Å². The number of benzene rings is 2. The van der Waals surface area contributed by atoms with Crippen LogP contribution in [0.2, 0.25) is 0 Å². The molecular weight excluding hydrogens is 457 g/mol. The van der Waals surface area contributed by atoms with E-state index in [1.54, 1.807) is 57.3 Å². The van der Waals surface area contributed by atoms with Crippen molar-refractivity contribution in [2.75, 3.05) is 12.8 Å². The molecular formula is C24H30FN5O3S. The van der Waals surface area contributed by atoms with Crippen LogP contribution in [0.25, 0.3) is 34.0 Å². The molecule has 0 unspecified atom stereocenters. The molecule has 0 radical (unpaired) electrons. The van der Waals surface area contributed by atoms with Crippen LogP contribution in [0.1, 0.15) is 22.3 Å². The summed E-state index contributed by atoms with van der Waals surface area (Å²) in [7, 11) is -1.09. The molecule has 0 spiro atoms. The van der Waals surface area contributed by atoms with Crippen molar-refractivity contribution in [2.24, 2.45) is 0 Å². The maximum Gasteiger partial charge on any atom is 0.189 e. The molecule has 4 aromatic rings. The summed E-state index contributed by atoms with van der Waals surface area (Å²) >= 11 is 0. The van der Waals surface area contributed by atoms with Crippen LogP contribution in [-0.4, -0.2) is 36.5 Å². The highest BCUT2D eigenvalue weighted by atomic mass is 32.3. The van der Waals surface area contributed by atoms with Gasteiger partial charge in [-0.05, 0) is 50.7 Å². The molecule has 2 aromatic carbocycles. The first kappa shape index (κ1) is 23.8. The summed E-state index contributed by atoms with van der Waals surface area (Å²) in [4.78, 5) is 9.24. The highest BCUT2D eigenvalue weighted by Gasteiger charge is 2.21. The van der Waals surface area contributed by atoms with Crippen molar-refractivity contribution in [1.82, 2.24) is 20.4 Å². The molecule has 0 aliphatic heterocycles. The Morgan fingerprint density at radius 2 is 1.85 bits per heavy atom. The van der Waals surface area contributed by atoms with E-state index >= 15 is 0 Å². The third kappa shape index (κ3) is 4.66. The molecule has 0 saturated heterocycles. The Kier molecular flexibility index (Phi) is 6.67. The van der Waals surface area contributed by atoms with E-state index in [0.717, 1.165) is 5.56 Å². The van der Waals surface area contributed by atoms with Crippen molar-refractivity contribution in [3.8, 4) is 34.0 Å². The molecule has 0 saturated carbocycles. The monoisotopic (exact) mass is 487 g/mol. The fourth-order valence-corrected chi connectivity index (χ4v) is 4.49. The minimum absolute atomic E-state index is 0. The van der Waals surface area contributed by atoms with E-state index in [9.17, 15) is 13.5 Å². The lowest BCUT2D eigenvalue weighted by Crippen LogP contribution is -2.10. The van der Waals surface area contributed by atoms with Gasteiger partial charge >= 0.3 is 0 Å². The Morgan fingerprint density at radius 1 is 1.12 bits per heavy atom. The SMILES string of the molecule is CNCc1ccc(-c2cc(-c3nc(-c4ccc(S(O)(O)C(C)C)cc4)cnc3N)on2)c(F)c1.[HH].[HH]. The lowest BCUT2D eigenvalue weighted by molar-refractivity contribution is 0.433. The normalized spacial score (nSPS) is 12.3. The number of nitrogens with one attached hydrogen (secondary N) is 1. The van der Waals surface area contributed by atoms with Gasteiger partial charge in [0.15, 0.2) is 17.3 Å². The van der Waals surface area contributed by atoms with Crippen LogP contribution in [0.5, 0.6) is 0 Å². The van der Waals surface area contributed by atoms with E-state index in [1.165, 1.54) is 12.3 Å². The average Bonchev–Trinajstić information content (AvgIpc) is 3.29. The van der Waals surface area contributed by atoms with Crippen molar-refractivity contribution < 1.29 is 20.9 Å². The molecule has 0 fully saturated rings. The number of anilines is 1. The summed E-state index contributed by atoms with van der Waals surface area (Å²) in [5.74, 6) is -0.0130. The Balaban J connectivity index is 0.00000228. The van der Waals surface area contributed by atoms with E-state index < -0.39 is 16.4 Å². The van der Waals surface area contributed by atoms with Crippen molar-refractivity contribution >= 4 is 16.4 Å². The van der Waals surface area contributed by atoms with Crippen LogP contribution in [-0.2, 0) is 6.54 Å². The third-order valence-electron chi connectivity index (χ3n) is 5.39. The van der Waals surface area contributed by atoms with Crippen molar-refractivity contribution in [2.45, 2.75) is 30.5 Å². The zero-order valence-electron chi connectivity index (χ0n) is 19.0. The van der Waals surface area contributed by atoms with Crippen LogP contribution in [0.4, 0.5) is 10.2 Å². The average molecular weight is 488 g/mol. The minimum Gasteiger partial charge on any atom is -0.382 e. The van der Waals surface area contributed by atoms with E-state index in [2.05, 4.69) is 20.4 Å². The summed E-state index contributed by atoms with van der Waals surface area (Å²) in [5.41, 5.74) is 8.98. The van der Waals surface area contributed by atoms with E-state index in [0.29, 0.717) is 34.0 Å². The molecule has 182 valence electrons. The van der Waals surface area contributed by atoms with Gasteiger partial charge in [-0.3, -0.25) is 9.11 Å². The molecule has 10 heteroatoms. The maximum absolute atomic E-state index is 14.6. The highest BCUT2D eigenvalue weighted by Crippen LogP contribution is 2.52. The molecule has 2 heterocycles. The zero-order chi connectivity index (χ0) is 24.5. The number of nitrogens with zero attached hydrogens (tertiary/aromatic N) is 3. The van der Waals surface area contributed by atoms with E-state index in [1.807, 2.05) is 6.07 Å². The highest BCUT2D eigenvalue weighted by molar-refractivity contribution is 8.24. The lowest BCUT2D eigenvalue weighted by atomic mass is 10.1. The third-order valence-corrected chi connectivity index (χ3v) is 7.67. The minimum atomic E-state index is -2.88. The summed E-state index contributed by atoms with van der Waals surface area (Å²) in [5, 5.41) is 6.67. The van der Waals surface area contributed by atoms with Crippen LogP contribution >= 0.6 is 10.6 Å². The fraction of sp³-hybridized carbons (Fsp3) is 0.208. The molecule has 0 atom stereocenters. The molecule has 4 rings (SSSR count). The topological polar surface area (TPSA) is 130 Å². The van der Waals surface area contributed by atoms with Crippen LogP contribution < -0.4 is 11.1 Å². The van der Waals surface area contributed by atoms with Crippen molar-refractivity contribution in [3.63, 3.8) is 0 Å². The molecule has 2 aromatic heterocycles. The largest absolute Gasteiger partial charge is 0.382 e. The second-order valence-electron chi connectivity index (χ2n) is 8.08. The van der Waals surface area contributed by atoms with E-state index in [4.69, 9.17) is 10.3 Å². The van der Waals surface area contributed by atoms with Crippen molar-refractivity contribution in [3.05, 3.63) is 66.1 Å². The molecule has 8 nitrogen and oxygen atoms in total. The van der Waals surface area contributed by atoms with Gasteiger partial charge < -0.3 is 15.6 Å². The molecule has 0 bridgehead atoms. The quantitative estimate of drug-likeness (QED) is 0.253. The zero-order valence-corrected chi connectivity index (χ0v) is 19.8. The summed E-state index contributed by atoms with van der Waals surface area (Å²) < 4.78 is 40.7. The van der Waals surface area contributed by atoms with Gasteiger partial charge in [-0.15, -0.1) is 0 Å². The number of hydrogen-bond donors (Lipinski definition) is 4. The Hall–Kier alpha value is -3.31. The summed E-state index contributed by atoms with van der Waals surface area (Å²) in [6.07, 6.45) is 1.52. The van der Waals surface area contributed by atoms with E-state index in [-0.39, 0.29) is 25.4 Å². The van der Waals surface area contributed by atoms with Gasteiger partial charge in [-0.25, -0.2) is 14.4 Å². The number of nitrogens with two attached hydrogens (primary N) is 1. The molecule has 0 aliphatic carbocycles. The fourth-order valence-electron chi connectivity index (χ4n) is 3.41. The number of rotatable bonds is 7. The van der Waals surface area contributed by atoms with Gasteiger partial charge in [0.05, 0.1) is 16.8 Å². The molecule has 34 heavy (non-hydrogen) atoms. The Bertz CT molecular complexity index is 1320. The van der Waals surface area contributed by atoms with Gasteiger partial charge in [-0.2, -0.15) is 10.6 Å².